The van der Waals surface area contributed by atoms with Crippen LogP contribution in [-0.4, -0.2) is 34.7 Å². The number of aromatic nitrogens is 3. The summed E-state index contributed by atoms with van der Waals surface area (Å²) >= 11 is 18.1. The maximum Gasteiger partial charge on any atom is 0.296 e. The van der Waals surface area contributed by atoms with Gasteiger partial charge in [0.25, 0.3) is 6.01 Å². The molecule has 0 spiro atoms. The molecule has 3 rings (SSSR count). The number of fused-ring (bicyclic) bond motifs is 1. The van der Waals surface area contributed by atoms with Crippen molar-refractivity contribution in [3.8, 4) is 11.8 Å². The highest BCUT2D eigenvalue weighted by Gasteiger charge is 2.10. The zero-order chi connectivity index (χ0) is 18.5. The Labute approximate surface area is 165 Å². The van der Waals surface area contributed by atoms with Gasteiger partial charge in [0.15, 0.2) is 5.65 Å². The molecule has 0 amide bonds. The number of nitrogens with one attached hydrogen (secondary N) is 2. The first-order chi connectivity index (χ1) is 12.6. The Balaban J connectivity index is 1.52. The van der Waals surface area contributed by atoms with Crippen molar-refractivity contribution >= 4 is 46.0 Å². The molecule has 0 atom stereocenters. The summed E-state index contributed by atoms with van der Waals surface area (Å²) in [6.45, 7) is 4.01. The lowest BCUT2D eigenvalue weighted by atomic mass is 10.2. The van der Waals surface area contributed by atoms with Gasteiger partial charge in [0.1, 0.15) is 17.5 Å². The molecule has 0 radical (unpaired) electrons. The summed E-state index contributed by atoms with van der Waals surface area (Å²) < 4.78 is 11.2. The van der Waals surface area contributed by atoms with Crippen molar-refractivity contribution in [2.24, 2.45) is 0 Å². The Morgan fingerprint density at radius 1 is 1.12 bits per heavy atom. The van der Waals surface area contributed by atoms with Crippen molar-refractivity contribution in [1.29, 1.82) is 0 Å². The zero-order valence-electron chi connectivity index (χ0n) is 14.0. The number of halogens is 3. The van der Waals surface area contributed by atoms with Crippen LogP contribution >= 0.6 is 34.8 Å². The highest BCUT2D eigenvalue weighted by atomic mass is 35.5. The van der Waals surface area contributed by atoms with E-state index in [9.17, 15) is 0 Å². The van der Waals surface area contributed by atoms with Gasteiger partial charge in [0, 0.05) is 23.7 Å². The lowest BCUT2D eigenvalue weighted by Gasteiger charge is -2.13. The second-order valence-electron chi connectivity index (χ2n) is 5.38. The molecule has 0 aliphatic rings. The van der Waals surface area contributed by atoms with Crippen LogP contribution < -0.4 is 14.8 Å². The number of pyridine rings is 1. The van der Waals surface area contributed by atoms with Gasteiger partial charge in [-0.05, 0) is 31.2 Å². The topological polar surface area (TPSA) is 72.1 Å². The Kier molecular flexibility index (Phi) is 6.43. The van der Waals surface area contributed by atoms with Gasteiger partial charge >= 0.3 is 0 Å². The number of H-pyrrole nitrogens is 1. The Morgan fingerprint density at radius 2 is 1.96 bits per heavy atom. The molecule has 3 aromatic rings. The molecular weight excluding hydrogens is 399 g/mol. The summed E-state index contributed by atoms with van der Waals surface area (Å²) in [6, 6.07) is 7.40. The van der Waals surface area contributed by atoms with Crippen molar-refractivity contribution in [2.45, 2.75) is 13.5 Å². The molecule has 2 aromatic heterocycles. The van der Waals surface area contributed by atoms with E-state index in [0.717, 1.165) is 11.1 Å². The molecule has 138 valence electrons. The highest BCUT2D eigenvalue weighted by molar-refractivity contribution is 6.35. The number of rotatable bonds is 8. The maximum absolute atomic E-state index is 6.19. The smallest absolute Gasteiger partial charge is 0.296 e. The number of ether oxygens (including phenoxy) is 2. The lowest BCUT2D eigenvalue weighted by Crippen LogP contribution is -2.21. The van der Waals surface area contributed by atoms with E-state index >= 15 is 0 Å². The molecule has 2 heterocycles. The van der Waals surface area contributed by atoms with Crippen molar-refractivity contribution in [3.63, 3.8) is 0 Å². The van der Waals surface area contributed by atoms with Crippen LogP contribution in [0.2, 0.25) is 15.2 Å². The molecule has 0 fully saturated rings. The highest BCUT2D eigenvalue weighted by Crippen LogP contribution is 2.32. The molecule has 0 unspecified atom stereocenters. The molecule has 1 aromatic carbocycles. The summed E-state index contributed by atoms with van der Waals surface area (Å²) in [5.74, 6) is 0.646. The second kappa shape index (κ2) is 8.77. The van der Waals surface area contributed by atoms with Gasteiger partial charge in [-0.1, -0.05) is 34.8 Å². The van der Waals surface area contributed by atoms with E-state index in [-0.39, 0.29) is 0 Å². The summed E-state index contributed by atoms with van der Waals surface area (Å²) in [5.41, 5.74) is 2.19. The molecule has 9 heteroatoms. The van der Waals surface area contributed by atoms with Crippen LogP contribution in [0.25, 0.3) is 11.2 Å². The van der Waals surface area contributed by atoms with Gasteiger partial charge < -0.3 is 19.8 Å². The Hall–Kier alpha value is -1.73. The predicted octanol–water partition coefficient (Wildman–Crippen LogP) is 4.49. The van der Waals surface area contributed by atoms with Crippen LogP contribution in [0.15, 0.2) is 24.3 Å². The van der Waals surface area contributed by atoms with Crippen molar-refractivity contribution in [1.82, 2.24) is 20.3 Å². The number of hydrogen-bond acceptors (Lipinski definition) is 5. The predicted molar refractivity (Wildman–Crippen MR) is 104 cm³/mol. The van der Waals surface area contributed by atoms with Gasteiger partial charge in [-0.2, -0.15) is 4.98 Å². The third-order valence-corrected chi connectivity index (χ3v) is 4.21. The van der Waals surface area contributed by atoms with Gasteiger partial charge in [-0.25, -0.2) is 4.98 Å². The lowest BCUT2D eigenvalue weighted by molar-refractivity contribution is 0.292. The number of hydrogen-bond donors (Lipinski definition) is 2. The average molecular weight is 416 g/mol. The normalized spacial score (nSPS) is 11.1. The quantitative estimate of drug-likeness (QED) is 0.419. The fourth-order valence-electron chi connectivity index (χ4n) is 2.41. The largest absolute Gasteiger partial charge is 0.492 e. The Bertz CT molecular complexity index is 901. The van der Waals surface area contributed by atoms with Gasteiger partial charge in [-0.15, -0.1) is 0 Å². The Morgan fingerprint density at radius 3 is 2.77 bits per heavy atom. The van der Waals surface area contributed by atoms with E-state index in [0.29, 0.717) is 58.9 Å². The van der Waals surface area contributed by atoms with Crippen LogP contribution in [0.4, 0.5) is 0 Å². The first-order valence-electron chi connectivity index (χ1n) is 8.03. The molecule has 0 bridgehead atoms. The number of imidazole rings is 1. The number of aromatic amines is 1. The van der Waals surface area contributed by atoms with Gasteiger partial charge in [-0.3, -0.25) is 0 Å². The third-order valence-electron chi connectivity index (χ3n) is 3.50. The summed E-state index contributed by atoms with van der Waals surface area (Å²) in [6.07, 6.45) is 0. The third kappa shape index (κ3) is 4.71. The molecule has 0 saturated carbocycles. The molecule has 26 heavy (non-hydrogen) atoms. The fourth-order valence-corrected chi connectivity index (χ4v) is 3.14. The molecule has 6 nitrogen and oxygen atoms in total. The zero-order valence-corrected chi connectivity index (χ0v) is 16.3. The van der Waals surface area contributed by atoms with E-state index < -0.39 is 0 Å². The molecule has 0 aliphatic heterocycles. The van der Waals surface area contributed by atoms with E-state index in [1.807, 2.05) is 13.0 Å². The van der Waals surface area contributed by atoms with Crippen LogP contribution in [0.3, 0.4) is 0 Å². The summed E-state index contributed by atoms with van der Waals surface area (Å²) in [5, 5.41) is 4.73. The van der Waals surface area contributed by atoms with Crippen LogP contribution in [0.1, 0.15) is 12.5 Å². The van der Waals surface area contributed by atoms with Crippen LogP contribution in [0.5, 0.6) is 11.8 Å². The first kappa shape index (κ1) is 19.0. The molecule has 0 aliphatic carbocycles. The minimum atomic E-state index is 0.391. The van der Waals surface area contributed by atoms with Crippen molar-refractivity contribution in [2.75, 3.05) is 19.8 Å². The van der Waals surface area contributed by atoms with E-state index in [1.54, 1.807) is 18.2 Å². The SMILES string of the molecule is CCOc1c(Cl)cc(Cl)cc1CNCCOc1nc2nc(Cl)ccc2[nH]1. The molecule has 0 saturated heterocycles. The number of nitrogens with zero attached hydrogens (tertiary/aromatic N) is 2. The minimum Gasteiger partial charge on any atom is -0.492 e. The van der Waals surface area contributed by atoms with E-state index in [2.05, 4.69) is 20.3 Å². The average Bonchev–Trinajstić information content (AvgIpc) is 2.99. The maximum atomic E-state index is 6.19. The fraction of sp³-hybridized carbons (Fsp3) is 0.294. The second-order valence-corrected chi connectivity index (χ2v) is 6.61. The molecule has 2 N–H and O–H groups in total. The first-order valence-corrected chi connectivity index (χ1v) is 9.16. The minimum absolute atomic E-state index is 0.391. The summed E-state index contributed by atoms with van der Waals surface area (Å²) in [4.78, 5) is 11.4. The van der Waals surface area contributed by atoms with Gasteiger partial charge in [0.05, 0.1) is 17.1 Å². The van der Waals surface area contributed by atoms with E-state index in [4.69, 9.17) is 44.3 Å². The monoisotopic (exact) mass is 414 g/mol. The van der Waals surface area contributed by atoms with Crippen molar-refractivity contribution < 1.29 is 9.47 Å². The standard InChI is InChI=1S/C17H17Cl3N4O2/c1-2-25-15-10(7-11(18)8-12(15)19)9-21-5-6-26-17-22-13-3-4-14(20)23-16(13)24-17/h3-4,7-8,21H,2,5-6,9H2,1H3,(H,22,23,24). The van der Waals surface area contributed by atoms with Crippen molar-refractivity contribution in [3.05, 3.63) is 45.0 Å². The molecular formula is C17H17Cl3N4O2. The summed E-state index contributed by atoms with van der Waals surface area (Å²) in [7, 11) is 0. The van der Waals surface area contributed by atoms with E-state index in [1.165, 1.54) is 0 Å². The van der Waals surface area contributed by atoms with Crippen LogP contribution in [-0.2, 0) is 6.54 Å². The van der Waals surface area contributed by atoms with Crippen LogP contribution in [0, 0.1) is 0 Å². The van der Waals surface area contributed by atoms with Gasteiger partial charge in [0.2, 0.25) is 0 Å². The number of benzene rings is 1.